The van der Waals surface area contributed by atoms with Gasteiger partial charge in [0.15, 0.2) is 0 Å². The molecule has 1 aromatic carbocycles. The lowest BCUT2D eigenvalue weighted by Crippen LogP contribution is -2.26. The van der Waals surface area contributed by atoms with Crippen LogP contribution >= 0.6 is 11.3 Å². The molecule has 0 spiro atoms. The van der Waals surface area contributed by atoms with Crippen molar-refractivity contribution in [2.45, 2.75) is 25.9 Å². The van der Waals surface area contributed by atoms with Crippen LogP contribution in [0.1, 0.15) is 29.4 Å². The summed E-state index contributed by atoms with van der Waals surface area (Å²) in [4.78, 5) is 12.4. The minimum atomic E-state index is -0.413. The SMILES string of the molecule is CCC(O)CCNC(=O)c1sc2ccc(F)cc2c1N. The first-order valence-corrected chi connectivity index (χ1v) is 7.28. The lowest BCUT2D eigenvalue weighted by molar-refractivity contribution is 0.0947. The van der Waals surface area contributed by atoms with Crippen molar-refractivity contribution < 1.29 is 14.3 Å². The van der Waals surface area contributed by atoms with Crippen LogP contribution in [0.4, 0.5) is 10.1 Å². The number of rotatable bonds is 5. The highest BCUT2D eigenvalue weighted by molar-refractivity contribution is 7.21. The smallest absolute Gasteiger partial charge is 0.263 e. The summed E-state index contributed by atoms with van der Waals surface area (Å²) in [6.45, 7) is 2.26. The highest BCUT2D eigenvalue weighted by atomic mass is 32.1. The minimum absolute atomic E-state index is 0.285. The molecule has 0 saturated carbocycles. The van der Waals surface area contributed by atoms with Crippen LogP contribution in [0.15, 0.2) is 18.2 Å². The molecule has 6 heteroatoms. The molecule has 108 valence electrons. The van der Waals surface area contributed by atoms with Gasteiger partial charge in [0.1, 0.15) is 10.7 Å². The molecule has 20 heavy (non-hydrogen) atoms. The van der Waals surface area contributed by atoms with Crippen LogP contribution in [0.25, 0.3) is 10.1 Å². The highest BCUT2D eigenvalue weighted by Crippen LogP contribution is 2.33. The zero-order valence-electron chi connectivity index (χ0n) is 11.1. The number of halogens is 1. The number of nitrogens with one attached hydrogen (secondary N) is 1. The number of hydrogen-bond acceptors (Lipinski definition) is 4. The van der Waals surface area contributed by atoms with E-state index in [-0.39, 0.29) is 11.7 Å². The van der Waals surface area contributed by atoms with E-state index in [0.29, 0.717) is 35.3 Å². The first-order valence-electron chi connectivity index (χ1n) is 6.46. The van der Waals surface area contributed by atoms with Gasteiger partial charge in [0.2, 0.25) is 0 Å². The van der Waals surface area contributed by atoms with Gasteiger partial charge >= 0.3 is 0 Å². The molecular formula is C14H17FN2O2S. The van der Waals surface area contributed by atoms with Gasteiger partial charge in [-0.2, -0.15) is 0 Å². The van der Waals surface area contributed by atoms with Crippen LogP contribution in [0.3, 0.4) is 0 Å². The molecule has 0 saturated heterocycles. The van der Waals surface area contributed by atoms with Gasteiger partial charge in [0, 0.05) is 16.6 Å². The summed E-state index contributed by atoms with van der Waals surface area (Å²) >= 11 is 1.24. The summed E-state index contributed by atoms with van der Waals surface area (Å²) in [5.41, 5.74) is 6.20. The standard InChI is InChI=1S/C14H17FN2O2S/c1-2-9(18)5-6-17-14(19)13-12(16)10-7-8(15)3-4-11(10)20-13/h3-4,7,9,18H,2,5-6,16H2,1H3,(H,17,19). The average molecular weight is 296 g/mol. The van der Waals surface area contributed by atoms with Crippen molar-refractivity contribution in [3.63, 3.8) is 0 Å². The molecule has 0 aliphatic rings. The zero-order valence-corrected chi connectivity index (χ0v) is 12.0. The minimum Gasteiger partial charge on any atom is -0.397 e. The van der Waals surface area contributed by atoms with E-state index in [2.05, 4.69) is 5.32 Å². The number of anilines is 1. The van der Waals surface area contributed by atoms with E-state index >= 15 is 0 Å². The first kappa shape index (κ1) is 14.7. The van der Waals surface area contributed by atoms with Crippen molar-refractivity contribution in [1.29, 1.82) is 0 Å². The van der Waals surface area contributed by atoms with Crippen molar-refractivity contribution in [2.75, 3.05) is 12.3 Å². The Labute approximate surface area is 120 Å². The van der Waals surface area contributed by atoms with E-state index in [1.807, 2.05) is 6.92 Å². The molecule has 0 aliphatic heterocycles. The fraction of sp³-hybridized carbons (Fsp3) is 0.357. The molecule has 4 nitrogen and oxygen atoms in total. The van der Waals surface area contributed by atoms with E-state index < -0.39 is 6.10 Å². The van der Waals surface area contributed by atoms with E-state index in [1.54, 1.807) is 6.07 Å². The van der Waals surface area contributed by atoms with Crippen molar-refractivity contribution in [2.24, 2.45) is 0 Å². The van der Waals surface area contributed by atoms with Crippen LogP contribution < -0.4 is 11.1 Å². The number of carbonyl (C=O) groups is 1. The molecule has 1 atom stereocenters. The van der Waals surface area contributed by atoms with Gasteiger partial charge in [0.25, 0.3) is 5.91 Å². The highest BCUT2D eigenvalue weighted by Gasteiger charge is 2.16. The normalized spacial score (nSPS) is 12.6. The molecule has 1 unspecified atom stereocenters. The zero-order chi connectivity index (χ0) is 14.7. The van der Waals surface area contributed by atoms with Gasteiger partial charge in [-0.3, -0.25) is 4.79 Å². The van der Waals surface area contributed by atoms with E-state index in [4.69, 9.17) is 5.73 Å². The van der Waals surface area contributed by atoms with Gasteiger partial charge in [-0.25, -0.2) is 4.39 Å². The van der Waals surface area contributed by atoms with Gasteiger partial charge in [-0.15, -0.1) is 11.3 Å². The maximum absolute atomic E-state index is 13.2. The lowest BCUT2D eigenvalue weighted by Gasteiger charge is -2.08. The monoisotopic (exact) mass is 296 g/mol. The number of nitrogens with two attached hydrogens (primary N) is 1. The summed E-state index contributed by atoms with van der Waals surface area (Å²) in [6, 6.07) is 4.29. The molecule has 2 aromatic rings. The molecule has 1 aromatic heterocycles. The maximum atomic E-state index is 13.2. The second kappa shape index (κ2) is 6.19. The number of thiophene rings is 1. The van der Waals surface area contributed by atoms with E-state index in [1.165, 1.54) is 23.5 Å². The Morgan fingerprint density at radius 2 is 2.30 bits per heavy atom. The summed E-state index contributed by atoms with van der Waals surface area (Å²) in [6.07, 6.45) is 0.742. The van der Waals surface area contributed by atoms with Crippen molar-refractivity contribution in [3.8, 4) is 0 Å². The molecule has 1 heterocycles. The third-order valence-electron chi connectivity index (χ3n) is 3.13. The number of carbonyl (C=O) groups excluding carboxylic acids is 1. The Morgan fingerprint density at radius 1 is 1.55 bits per heavy atom. The molecular weight excluding hydrogens is 279 g/mol. The summed E-state index contributed by atoms with van der Waals surface area (Å²) in [5, 5.41) is 12.7. The molecule has 0 aliphatic carbocycles. The molecule has 0 bridgehead atoms. The predicted molar refractivity (Wildman–Crippen MR) is 79.4 cm³/mol. The lowest BCUT2D eigenvalue weighted by atomic mass is 10.2. The van der Waals surface area contributed by atoms with E-state index in [0.717, 1.165) is 4.70 Å². The Balaban J connectivity index is 2.12. The number of amides is 1. The molecule has 2 rings (SSSR count). The van der Waals surface area contributed by atoms with Crippen LogP contribution in [0.2, 0.25) is 0 Å². The van der Waals surface area contributed by atoms with Gasteiger partial charge < -0.3 is 16.2 Å². The number of aliphatic hydroxyl groups excluding tert-OH is 1. The molecule has 0 radical (unpaired) electrons. The Kier molecular flexibility index (Phi) is 4.57. The Morgan fingerprint density at radius 3 is 3.00 bits per heavy atom. The van der Waals surface area contributed by atoms with Crippen LogP contribution in [0.5, 0.6) is 0 Å². The van der Waals surface area contributed by atoms with Gasteiger partial charge in [-0.1, -0.05) is 6.92 Å². The largest absolute Gasteiger partial charge is 0.397 e. The number of hydrogen-bond donors (Lipinski definition) is 3. The molecule has 0 fully saturated rings. The van der Waals surface area contributed by atoms with Crippen molar-refractivity contribution >= 4 is 33.0 Å². The van der Waals surface area contributed by atoms with Crippen LogP contribution in [-0.2, 0) is 0 Å². The summed E-state index contributed by atoms with van der Waals surface area (Å²) < 4.78 is 14.0. The summed E-state index contributed by atoms with van der Waals surface area (Å²) in [5.74, 6) is -0.660. The Bertz CT molecular complexity index is 627. The third-order valence-corrected chi connectivity index (χ3v) is 4.31. The first-order chi connectivity index (χ1) is 9.52. The quantitative estimate of drug-likeness (QED) is 0.793. The molecule has 1 amide bonds. The van der Waals surface area contributed by atoms with Crippen molar-refractivity contribution in [3.05, 3.63) is 28.9 Å². The third kappa shape index (κ3) is 3.08. The summed E-state index contributed by atoms with van der Waals surface area (Å²) in [7, 11) is 0. The fourth-order valence-corrected chi connectivity index (χ4v) is 2.91. The Hall–Kier alpha value is -1.66. The molecule has 4 N–H and O–H groups in total. The average Bonchev–Trinajstić information content (AvgIpc) is 2.75. The second-order valence-corrected chi connectivity index (χ2v) is 5.64. The topological polar surface area (TPSA) is 75.3 Å². The van der Waals surface area contributed by atoms with Gasteiger partial charge in [0.05, 0.1) is 11.8 Å². The second-order valence-electron chi connectivity index (χ2n) is 4.59. The van der Waals surface area contributed by atoms with Crippen molar-refractivity contribution in [1.82, 2.24) is 5.32 Å². The number of benzene rings is 1. The van der Waals surface area contributed by atoms with Crippen LogP contribution in [0, 0.1) is 5.82 Å². The van der Waals surface area contributed by atoms with Crippen LogP contribution in [-0.4, -0.2) is 23.7 Å². The number of fused-ring (bicyclic) bond motifs is 1. The maximum Gasteiger partial charge on any atom is 0.263 e. The number of nitrogen functional groups attached to an aromatic ring is 1. The number of aliphatic hydroxyl groups is 1. The fourth-order valence-electron chi connectivity index (χ4n) is 1.89. The van der Waals surface area contributed by atoms with E-state index in [9.17, 15) is 14.3 Å². The predicted octanol–water partition coefficient (Wildman–Crippen LogP) is 2.51. The van der Waals surface area contributed by atoms with Gasteiger partial charge in [-0.05, 0) is 31.0 Å².